The molecule has 1 unspecified atom stereocenters. The van der Waals surface area contributed by atoms with Crippen LogP contribution in [0, 0.1) is 13.5 Å². The summed E-state index contributed by atoms with van der Waals surface area (Å²) in [6.07, 6.45) is 8.31. The number of hydrogen-bond acceptors (Lipinski definition) is 3. The molecule has 5 heteroatoms. The van der Waals surface area contributed by atoms with Gasteiger partial charge in [-0.3, -0.25) is 6.08 Å². The summed E-state index contributed by atoms with van der Waals surface area (Å²) < 4.78 is 2.93. The molecule has 1 rings (SSSR count). The second kappa shape index (κ2) is 6.59. The summed E-state index contributed by atoms with van der Waals surface area (Å²) in [6, 6.07) is 0. The van der Waals surface area contributed by atoms with Gasteiger partial charge in [0, 0.05) is 28.4 Å². The van der Waals surface area contributed by atoms with Gasteiger partial charge in [-0.15, -0.1) is 0 Å². The number of allylic oxidation sites excluding steroid dienone is 2. The van der Waals surface area contributed by atoms with Gasteiger partial charge in [0.2, 0.25) is 0 Å². The fourth-order valence-electron chi connectivity index (χ4n) is 0.924. The van der Waals surface area contributed by atoms with E-state index in [0.29, 0.717) is 5.70 Å². The Bertz CT molecular complexity index is 269. The molecule has 1 aliphatic rings. The third-order valence-corrected chi connectivity index (χ3v) is 2.08. The quantitative estimate of drug-likeness (QED) is 0.286. The van der Waals surface area contributed by atoms with Crippen LogP contribution in [0.5, 0.6) is 0 Å². The number of rotatable bonds is 1. The largest absolute Gasteiger partial charge is 2.00 e. The van der Waals surface area contributed by atoms with E-state index < -0.39 is 5.54 Å². The van der Waals surface area contributed by atoms with Crippen molar-refractivity contribution in [3.05, 3.63) is 43.1 Å². The maximum Gasteiger partial charge on any atom is 2.00 e. The summed E-state index contributed by atoms with van der Waals surface area (Å²) in [5.74, 6) is 0. The SMILES string of the molecule is CC1(N)C=[C-]C=C(NI)C(N)=C1.[CH3-].[Zn+2]. The van der Waals surface area contributed by atoms with Gasteiger partial charge in [-0.05, 0) is 12.6 Å². The van der Waals surface area contributed by atoms with E-state index in [1.54, 1.807) is 18.2 Å². The van der Waals surface area contributed by atoms with E-state index in [2.05, 4.69) is 9.61 Å². The molecule has 74 valence electrons. The van der Waals surface area contributed by atoms with E-state index in [1.807, 2.05) is 29.8 Å². The fourth-order valence-corrected chi connectivity index (χ4v) is 1.39. The van der Waals surface area contributed by atoms with Crippen LogP contribution in [-0.4, -0.2) is 5.54 Å². The van der Waals surface area contributed by atoms with Crippen molar-refractivity contribution in [2.75, 3.05) is 0 Å². The van der Waals surface area contributed by atoms with E-state index in [4.69, 9.17) is 11.5 Å². The first kappa shape index (κ1) is 16.6. The zero-order chi connectivity index (χ0) is 9.19. The van der Waals surface area contributed by atoms with Gasteiger partial charge >= 0.3 is 19.5 Å². The van der Waals surface area contributed by atoms with Gasteiger partial charge in [-0.25, -0.2) is 6.08 Å². The fraction of sp³-hybridized carbons (Fsp3) is 0.222. The molecule has 1 aliphatic carbocycles. The molecule has 0 aromatic rings. The average molecular weight is 357 g/mol. The minimum absolute atomic E-state index is 0. The molecule has 0 saturated heterocycles. The summed E-state index contributed by atoms with van der Waals surface area (Å²) in [6.45, 7) is 1.87. The normalized spacial score (nSPS) is 24.8. The first-order valence-corrected chi connectivity index (χ1v) is 4.58. The van der Waals surface area contributed by atoms with Crippen LogP contribution in [0.15, 0.2) is 29.6 Å². The van der Waals surface area contributed by atoms with Crippen molar-refractivity contribution in [1.82, 2.24) is 3.53 Å². The van der Waals surface area contributed by atoms with E-state index >= 15 is 0 Å². The van der Waals surface area contributed by atoms with Gasteiger partial charge in [0.15, 0.2) is 0 Å². The maximum atomic E-state index is 5.85. The molecule has 0 fully saturated rings. The average Bonchev–Trinajstić information content (AvgIpc) is 2.07. The summed E-state index contributed by atoms with van der Waals surface area (Å²) >= 11 is 2.02. The molecule has 0 spiro atoms. The second-order valence-electron chi connectivity index (χ2n) is 2.93. The second-order valence-corrected chi connectivity index (χ2v) is 3.47. The molecule has 0 aromatic heterocycles. The standard InChI is InChI=1S/C8H11IN3.CH3.Zn/c1-8(11)4-2-3-7(12-9)6(10)5-8;;/h3-5,12H,10-11H2,1H3;1H3;/q2*-1;+2. The Labute approximate surface area is 112 Å². The molecule has 14 heavy (non-hydrogen) atoms. The Balaban J connectivity index is 0. The van der Waals surface area contributed by atoms with Crippen molar-refractivity contribution in [3.63, 3.8) is 0 Å². The van der Waals surface area contributed by atoms with Crippen LogP contribution >= 0.6 is 22.9 Å². The van der Waals surface area contributed by atoms with Crippen LogP contribution < -0.4 is 15.0 Å². The van der Waals surface area contributed by atoms with Gasteiger partial charge < -0.3 is 22.4 Å². The van der Waals surface area contributed by atoms with Gasteiger partial charge in [-0.1, -0.05) is 11.8 Å². The Hall–Kier alpha value is 0.133. The van der Waals surface area contributed by atoms with E-state index in [1.165, 1.54) is 0 Å². The van der Waals surface area contributed by atoms with E-state index in [9.17, 15) is 0 Å². The van der Waals surface area contributed by atoms with Crippen LogP contribution in [-0.2, 0) is 19.5 Å². The smallest absolute Gasteiger partial charge is 0.412 e. The first-order valence-electron chi connectivity index (χ1n) is 3.50. The van der Waals surface area contributed by atoms with Crippen molar-refractivity contribution >= 4 is 22.9 Å². The molecular formula is C9H14IN3Zn. The molecular weight excluding hydrogens is 342 g/mol. The first-order chi connectivity index (χ1) is 5.55. The predicted octanol–water partition coefficient (Wildman–Crippen LogP) is 1.19. The number of nitrogens with two attached hydrogens (primary N) is 2. The van der Waals surface area contributed by atoms with Crippen LogP contribution in [0.4, 0.5) is 0 Å². The van der Waals surface area contributed by atoms with Crippen molar-refractivity contribution in [2.45, 2.75) is 12.5 Å². The molecule has 0 bridgehead atoms. The van der Waals surface area contributed by atoms with Crippen LogP contribution in [0.2, 0.25) is 0 Å². The topological polar surface area (TPSA) is 64.1 Å². The van der Waals surface area contributed by atoms with Gasteiger partial charge in [0.05, 0.1) is 0 Å². The zero-order valence-electron chi connectivity index (χ0n) is 8.47. The molecule has 0 heterocycles. The number of nitrogens with one attached hydrogen (secondary N) is 1. The van der Waals surface area contributed by atoms with Crippen LogP contribution in [0.25, 0.3) is 0 Å². The van der Waals surface area contributed by atoms with Gasteiger partial charge in [0.25, 0.3) is 0 Å². The minimum Gasteiger partial charge on any atom is -0.412 e. The molecule has 0 aromatic carbocycles. The summed E-state index contributed by atoms with van der Waals surface area (Å²) in [7, 11) is 0. The van der Waals surface area contributed by atoms with Crippen molar-refractivity contribution in [2.24, 2.45) is 11.5 Å². The van der Waals surface area contributed by atoms with Crippen molar-refractivity contribution in [1.29, 1.82) is 0 Å². The Morgan fingerprint density at radius 1 is 1.57 bits per heavy atom. The van der Waals surface area contributed by atoms with E-state index in [0.717, 1.165) is 5.70 Å². The summed E-state index contributed by atoms with van der Waals surface area (Å²) in [5, 5.41) is 0. The monoisotopic (exact) mass is 355 g/mol. The Kier molecular flexibility index (Phi) is 7.79. The van der Waals surface area contributed by atoms with E-state index in [-0.39, 0.29) is 26.9 Å². The Morgan fingerprint density at radius 3 is 2.64 bits per heavy atom. The van der Waals surface area contributed by atoms with Crippen molar-refractivity contribution in [3.8, 4) is 0 Å². The molecule has 5 N–H and O–H groups in total. The van der Waals surface area contributed by atoms with Gasteiger partial charge in [-0.2, -0.15) is 6.08 Å². The summed E-state index contributed by atoms with van der Waals surface area (Å²) in [5.41, 5.74) is 12.6. The number of hydrogen-bond donors (Lipinski definition) is 3. The molecule has 3 nitrogen and oxygen atoms in total. The maximum absolute atomic E-state index is 5.85. The molecule has 1 atom stereocenters. The van der Waals surface area contributed by atoms with Gasteiger partial charge in [0.1, 0.15) is 0 Å². The van der Waals surface area contributed by atoms with Crippen LogP contribution in [0.3, 0.4) is 0 Å². The zero-order valence-corrected chi connectivity index (χ0v) is 13.6. The number of halogens is 1. The third-order valence-electron chi connectivity index (χ3n) is 1.50. The Morgan fingerprint density at radius 2 is 2.14 bits per heavy atom. The molecule has 0 saturated carbocycles. The molecule has 0 aliphatic heterocycles. The summed E-state index contributed by atoms with van der Waals surface area (Å²) in [4.78, 5) is 0. The minimum atomic E-state index is -0.504. The molecule has 0 radical (unpaired) electrons. The predicted molar refractivity (Wildman–Crippen MR) is 64.3 cm³/mol. The molecule has 0 amide bonds. The van der Waals surface area contributed by atoms with Crippen molar-refractivity contribution < 1.29 is 19.5 Å². The van der Waals surface area contributed by atoms with Crippen LogP contribution in [0.1, 0.15) is 6.92 Å². The third kappa shape index (κ3) is 4.57.